The van der Waals surface area contributed by atoms with Crippen molar-refractivity contribution in [3.05, 3.63) is 35.3 Å². The second-order valence-electron chi connectivity index (χ2n) is 4.76. The maximum atomic E-state index is 5.45. The van der Waals surface area contributed by atoms with Crippen LogP contribution < -0.4 is 10.1 Å². The molecule has 1 N–H and O–H groups in total. The van der Waals surface area contributed by atoms with Crippen LogP contribution in [0.1, 0.15) is 17.1 Å². The number of methoxy groups -OCH3 is 1. The zero-order chi connectivity index (χ0) is 14.0. The van der Waals surface area contributed by atoms with Crippen LogP contribution in [0.4, 0.5) is 0 Å². The lowest BCUT2D eigenvalue weighted by molar-refractivity contribution is 0.416. The number of aromatic nitrogens is 2. The molecular formula is C15H21N3O. The molecule has 0 unspecified atom stereocenters. The first-order valence-corrected chi connectivity index (χ1v) is 6.40. The van der Waals surface area contributed by atoms with Crippen molar-refractivity contribution in [2.75, 3.05) is 14.2 Å². The normalized spacial score (nSPS) is 10.8. The molecule has 1 aromatic carbocycles. The zero-order valence-electron chi connectivity index (χ0n) is 12.2. The minimum Gasteiger partial charge on any atom is -0.496 e. The molecule has 4 heteroatoms. The van der Waals surface area contributed by atoms with Crippen LogP contribution in [-0.2, 0) is 13.6 Å². The lowest BCUT2D eigenvalue weighted by Crippen LogP contribution is -2.10. The molecule has 1 aromatic heterocycles. The monoisotopic (exact) mass is 259 g/mol. The summed E-state index contributed by atoms with van der Waals surface area (Å²) in [4.78, 5) is 4.74. The maximum Gasteiger partial charge on any atom is 0.128 e. The summed E-state index contributed by atoms with van der Waals surface area (Å²) in [6.07, 6.45) is 0. The first-order chi connectivity index (χ1) is 9.08. The van der Waals surface area contributed by atoms with Crippen molar-refractivity contribution < 1.29 is 4.74 Å². The molecule has 0 aliphatic carbocycles. The van der Waals surface area contributed by atoms with E-state index in [1.165, 1.54) is 5.56 Å². The molecule has 0 amide bonds. The average Bonchev–Trinajstić information content (AvgIpc) is 2.67. The van der Waals surface area contributed by atoms with Gasteiger partial charge in [-0.1, -0.05) is 11.6 Å². The Hall–Kier alpha value is -1.81. The van der Waals surface area contributed by atoms with Crippen molar-refractivity contribution in [2.45, 2.75) is 20.4 Å². The number of aryl methyl sites for hydroxylation is 1. The van der Waals surface area contributed by atoms with Gasteiger partial charge in [-0.15, -0.1) is 0 Å². The highest BCUT2D eigenvalue weighted by atomic mass is 16.5. The summed E-state index contributed by atoms with van der Waals surface area (Å²) in [7, 11) is 5.67. The van der Waals surface area contributed by atoms with Crippen LogP contribution in [0.15, 0.2) is 18.2 Å². The predicted molar refractivity (Wildman–Crippen MR) is 77.4 cm³/mol. The standard InChI is InChI=1S/C15H21N3O/c1-10-6-7-13(19-5)12(8-10)15-11(2)18(4)14(17-15)9-16-3/h6-8,16H,9H2,1-5H3. The van der Waals surface area contributed by atoms with Crippen molar-refractivity contribution in [2.24, 2.45) is 7.05 Å². The summed E-state index contributed by atoms with van der Waals surface area (Å²) in [5, 5.41) is 3.14. The predicted octanol–water partition coefficient (Wildman–Crippen LogP) is 2.43. The van der Waals surface area contributed by atoms with E-state index in [-0.39, 0.29) is 0 Å². The van der Waals surface area contributed by atoms with Crippen LogP contribution in [0, 0.1) is 13.8 Å². The summed E-state index contributed by atoms with van der Waals surface area (Å²) < 4.78 is 7.57. The van der Waals surface area contributed by atoms with Gasteiger partial charge in [0.25, 0.3) is 0 Å². The highest BCUT2D eigenvalue weighted by molar-refractivity contribution is 5.70. The Morgan fingerprint density at radius 2 is 2.05 bits per heavy atom. The molecule has 0 bridgehead atoms. The number of hydrogen-bond acceptors (Lipinski definition) is 3. The van der Waals surface area contributed by atoms with Gasteiger partial charge in [0, 0.05) is 18.3 Å². The molecule has 4 nitrogen and oxygen atoms in total. The van der Waals surface area contributed by atoms with E-state index in [1.54, 1.807) is 7.11 Å². The smallest absolute Gasteiger partial charge is 0.128 e. The number of rotatable bonds is 4. The minimum atomic E-state index is 0.755. The second kappa shape index (κ2) is 5.45. The van der Waals surface area contributed by atoms with Crippen LogP contribution in [0.3, 0.4) is 0 Å². The van der Waals surface area contributed by atoms with Gasteiger partial charge in [0.15, 0.2) is 0 Å². The largest absolute Gasteiger partial charge is 0.496 e. The summed E-state index contributed by atoms with van der Waals surface area (Å²) in [6.45, 7) is 4.92. The summed E-state index contributed by atoms with van der Waals surface area (Å²) >= 11 is 0. The van der Waals surface area contributed by atoms with E-state index in [9.17, 15) is 0 Å². The summed E-state index contributed by atoms with van der Waals surface area (Å²) in [5.74, 6) is 1.89. The van der Waals surface area contributed by atoms with Gasteiger partial charge in [0.2, 0.25) is 0 Å². The Bertz CT molecular complexity index is 587. The lowest BCUT2D eigenvalue weighted by atomic mass is 10.1. The molecule has 0 saturated carbocycles. The van der Waals surface area contributed by atoms with Gasteiger partial charge in [-0.05, 0) is 33.0 Å². The molecule has 0 radical (unpaired) electrons. The molecular weight excluding hydrogens is 238 g/mol. The van der Waals surface area contributed by atoms with Gasteiger partial charge >= 0.3 is 0 Å². The van der Waals surface area contributed by atoms with Crippen LogP contribution >= 0.6 is 0 Å². The Morgan fingerprint density at radius 1 is 1.32 bits per heavy atom. The third-order valence-electron chi connectivity index (χ3n) is 3.42. The first-order valence-electron chi connectivity index (χ1n) is 6.40. The van der Waals surface area contributed by atoms with Gasteiger partial charge in [-0.25, -0.2) is 4.98 Å². The van der Waals surface area contributed by atoms with Gasteiger partial charge < -0.3 is 14.6 Å². The van der Waals surface area contributed by atoms with E-state index in [2.05, 4.69) is 35.9 Å². The van der Waals surface area contributed by atoms with E-state index < -0.39 is 0 Å². The third-order valence-corrected chi connectivity index (χ3v) is 3.42. The molecule has 2 aromatic rings. The van der Waals surface area contributed by atoms with Gasteiger partial charge in [-0.3, -0.25) is 0 Å². The Kier molecular flexibility index (Phi) is 3.90. The van der Waals surface area contributed by atoms with Crippen LogP contribution in [0.2, 0.25) is 0 Å². The Balaban J connectivity index is 2.58. The van der Waals surface area contributed by atoms with Crippen molar-refractivity contribution in [3.8, 4) is 17.0 Å². The molecule has 19 heavy (non-hydrogen) atoms. The van der Waals surface area contributed by atoms with Crippen LogP contribution in [0.25, 0.3) is 11.3 Å². The quantitative estimate of drug-likeness (QED) is 0.916. The van der Waals surface area contributed by atoms with E-state index in [1.807, 2.05) is 20.2 Å². The van der Waals surface area contributed by atoms with E-state index in [0.29, 0.717) is 0 Å². The molecule has 2 rings (SSSR count). The average molecular weight is 259 g/mol. The Labute approximate surface area is 114 Å². The molecule has 0 spiro atoms. The molecule has 102 valence electrons. The zero-order valence-corrected chi connectivity index (χ0v) is 12.2. The highest BCUT2D eigenvalue weighted by Gasteiger charge is 2.16. The fourth-order valence-electron chi connectivity index (χ4n) is 2.22. The Morgan fingerprint density at radius 3 is 2.68 bits per heavy atom. The molecule has 0 aliphatic rings. The van der Waals surface area contributed by atoms with Gasteiger partial charge in [0.1, 0.15) is 11.6 Å². The number of imidazole rings is 1. The van der Waals surface area contributed by atoms with E-state index in [0.717, 1.165) is 35.1 Å². The van der Waals surface area contributed by atoms with Crippen LogP contribution in [-0.4, -0.2) is 23.7 Å². The van der Waals surface area contributed by atoms with E-state index in [4.69, 9.17) is 9.72 Å². The molecule has 0 atom stereocenters. The minimum absolute atomic E-state index is 0.755. The highest BCUT2D eigenvalue weighted by Crippen LogP contribution is 2.32. The molecule has 0 fully saturated rings. The topological polar surface area (TPSA) is 39.1 Å². The fourth-order valence-corrected chi connectivity index (χ4v) is 2.22. The fraction of sp³-hybridized carbons (Fsp3) is 0.400. The van der Waals surface area contributed by atoms with Crippen LogP contribution in [0.5, 0.6) is 5.75 Å². The van der Waals surface area contributed by atoms with Crippen molar-refractivity contribution >= 4 is 0 Å². The number of hydrogen-bond donors (Lipinski definition) is 1. The number of nitrogens with one attached hydrogen (secondary N) is 1. The molecule has 1 heterocycles. The van der Waals surface area contributed by atoms with Gasteiger partial charge in [-0.2, -0.15) is 0 Å². The number of ether oxygens (including phenoxy) is 1. The van der Waals surface area contributed by atoms with Gasteiger partial charge in [0.05, 0.1) is 19.3 Å². The summed E-state index contributed by atoms with van der Waals surface area (Å²) in [6, 6.07) is 6.17. The lowest BCUT2D eigenvalue weighted by Gasteiger charge is -2.08. The van der Waals surface area contributed by atoms with Crippen molar-refractivity contribution in [3.63, 3.8) is 0 Å². The molecule has 0 aliphatic heterocycles. The van der Waals surface area contributed by atoms with Crippen molar-refractivity contribution in [1.82, 2.24) is 14.9 Å². The number of nitrogens with zero attached hydrogens (tertiary/aromatic N) is 2. The third kappa shape index (κ3) is 2.49. The number of benzene rings is 1. The van der Waals surface area contributed by atoms with Crippen molar-refractivity contribution in [1.29, 1.82) is 0 Å². The second-order valence-corrected chi connectivity index (χ2v) is 4.76. The summed E-state index contributed by atoms with van der Waals surface area (Å²) in [5.41, 5.74) is 4.40. The SMILES string of the molecule is CNCc1nc(-c2cc(C)ccc2OC)c(C)n1C. The van der Waals surface area contributed by atoms with E-state index >= 15 is 0 Å². The molecule has 0 saturated heterocycles. The first kappa shape index (κ1) is 13.6. The maximum absolute atomic E-state index is 5.45.